The summed E-state index contributed by atoms with van der Waals surface area (Å²) >= 11 is 8.56. The molecule has 2 heterocycles. The lowest BCUT2D eigenvalue weighted by atomic mass is 9.93. The maximum atomic E-state index is 14.0. The Balaban J connectivity index is 1.57. The minimum Gasteiger partial charge on any atom is -0.487 e. The number of carbonyl (C=O) groups excluding carboxylic acids is 1. The number of fused-ring (bicyclic) bond motifs is 1. The number of nitrogens with zero attached hydrogens (tertiary/aromatic N) is 2. The maximum absolute atomic E-state index is 14.0. The van der Waals surface area contributed by atoms with Gasteiger partial charge in [0.1, 0.15) is 12.4 Å². The van der Waals surface area contributed by atoms with Crippen molar-refractivity contribution in [2.75, 3.05) is 6.61 Å². The van der Waals surface area contributed by atoms with E-state index in [4.69, 9.17) is 9.47 Å². The monoisotopic (exact) mass is 708 g/mol. The average molecular weight is 710 g/mol. The Morgan fingerprint density at radius 2 is 1.74 bits per heavy atom. The molecule has 0 aliphatic carbocycles. The van der Waals surface area contributed by atoms with E-state index >= 15 is 0 Å². The molecule has 0 fully saturated rings. The fraction of sp³-hybridized carbons (Fsp3) is 0.242. The number of allylic oxidation sites excluding steroid dienone is 1. The van der Waals surface area contributed by atoms with Gasteiger partial charge < -0.3 is 9.47 Å². The summed E-state index contributed by atoms with van der Waals surface area (Å²) in [5.41, 5.74) is 4.58. The van der Waals surface area contributed by atoms with Gasteiger partial charge in [-0.05, 0) is 92.1 Å². The molecule has 1 atom stereocenters. The normalized spacial score (nSPS) is 15.0. The molecule has 0 saturated heterocycles. The zero-order valence-corrected chi connectivity index (χ0v) is 27.7. The number of aromatic nitrogens is 1. The Labute approximate surface area is 265 Å². The molecule has 1 aliphatic rings. The van der Waals surface area contributed by atoms with Gasteiger partial charge in [0.2, 0.25) is 0 Å². The fourth-order valence-electron chi connectivity index (χ4n) is 4.85. The fourth-order valence-corrected chi connectivity index (χ4v) is 7.35. The van der Waals surface area contributed by atoms with Crippen LogP contribution in [0.3, 0.4) is 0 Å². The SMILES string of the molecule is CCOC(=O)C1=C(C)N=c2s/c(=C\c3cc(Br)c(OCc4ccccc4)c(Br)c3)c(=O)n2[C@H]1c1ccc(C(C)C)cc1. The molecular weight excluding hydrogens is 680 g/mol. The third kappa shape index (κ3) is 6.23. The van der Waals surface area contributed by atoms with E-state index in [0.717, 1.165) is 25.6 Å². The van der Waals surface area contributed by atoms with Crippen LogP contribution in [0.5, 0.6) is 5.75 Å². The Bertz CT molecular complexity index is 1820. The standard InChI is InChI=1S/C33H30Br2N2O4S/c1-5-40-32(39)28-20(4)36-33-37(29(28)24-13-11-23(12-14-24)19(2)3)31(38)27(42-33)17-22-15-25(34)30(26(35)16-22)41-18-21-9-7-6-8-10-21/h6-17,19,29H,5,18H2,1-4H3/b27-17-/t29-/m0/s1. The Morgan fingerprint density at radius 1 is 1.07 bits per heavy atom. The first-order valence-corrected chi connectivity index (χ1v) is 16.0. The van der Waals surface area contributed by atoms with E-state index in [1.54, 1.807) is 18.4 Å². The summed E-state index contributed by atoms with van der Waals surface area (Å²) in [5, 5.41) is 0. The molecule has 9 heteroatoms. The highest BCUT2D eigenvalue weighted by Crippen LogP contribution is 2.36. The first-order chi connectivity index (χ1) is 20.2. The van der Waals surface area contributed by atoms with E-state index in [1.165, 1.54) is 16.9 Å². The minimum atomic E-state index is -0.643. The van der Waals surface area contributed by atoms with Gasteiger partial charge in [-0.2, -0.15) is 0 Å². The topological polar surface area (TPSA) is 69.9 Å². The number of esters is 1. The highest BCUT2D eigenvalue weighted by molar-refractivity contribution is 9.11. The van der Waals surface area contributed by atoms with Crippen molar-refractivity contribution < 1.29 is 14.3 Å². The molecule has 1 aliphatic heterocycles. The molecule has 0 N–H and O–H groups in total. The zero-order chi connectivity index (χ0) is 30.0. The van der Waals surface area contributed by atoms with Crippen LogP contribution >= 0.6 is 43.2 Å². The van der Waals surface area contributed by atoms with E-state index in [0.29, 0.717) is 38.9 Å². The molecule has 0 bridgehead atoms. The molecule has 0 saturated carbocycles. The molecule has 0 unspecified atom stereocenters. The number of carbonyl (C=O) groups is 1. The van der Waals surface area contributed by atoms with Crippen LogP contribution in [-0.4, -0.2) is 17.1 Å². The van der Waals surface area contributed by atoms with Crippen LogP contribution in [0.15, 0.2) is 96.7 Å². The van der Waals surface area contributed by atoms with Crippen LogP contribution in [0.4, 0.5) is 0 Å². The first kappa shape index (κ1) is 30.2. The Morgan fingerprint density at radius 3 is 2.36 bits per heavy atom. The number of hydrogen-bond acceptors (Lipinski definition) is 6. The number of benzene rings is 3. The van der Waals surface area contributed by atoms with Gasteiger partial charge in [0.25, 0.3) is 5.56 Å². The summed E-state index contributed by atoms with van der Waals surface area (Å²) in [6.45, 7) is 8.48. The van der Waals surface area contributed by atoms with Gasteiger partial charge >= 0.3 is 5.97 Å². The third-order valence-electron chi connectivity index (χ3n) is 6.98. The summed E-state index contributed by atoms with van der Waals surface area (Å²) < 4.78 is 15.1. The number of halogens is 2. The lowest BCUT2D eigenvalue weighted by molar-refractivity contribution is -0.139. The zero-order valence-electron chi connectivity index (χ0n) is 23.7. The van der Waals surface area contributed by atoms with Gasteiger partial charge in [-0.1, -0.05) is 79.8 Å². The summed E-state index contributed by atoms with van der Waals surface area (Å²) in [5.74, 6) is 0.568. The van der Waals surface area contributed by atoms with Crippen molar-refractivity contribution in [3.05, 3.63) is 129 Å². The van der Waals surface area contributed by atoms with Crippen LogP contribution in [0, 0.1) is 0 Å². The van der Waals surface area contributed by atoms with Gasteiger partial charge in [0, 0.05) is 0 Å². The molecule has 0 radical (unpaired) electrons. The number of ether oxygens (including phenoxy) is 2. The molecule has 3 aromatic carbocycles. The molecule has 0 amide bonds. The minimum absolute atomic E-state index is 0.220. The van der Waals surface area contributed by atoms with E-state index in [2.05, 4.69) is 50.7 Å². The van der Waals surface area contributed by atoms with Crippen molar-refractivity contribution in [3.8, 4) is 5.75 Å². The van der Waals surface area contributed by atoms with Gasteiger partial charge in [0.05, 0.1) is 37.4 Å². The number of thiazole rings is 1. The Hall–Kier alpha value is -3.27. The van der Waals surface area contributed by atoms with E-state index in [1.807, 2.05) is 72.8 Å². The molecule has 42 heavy (non-hydrogen) atoms. The second kappa shape index (κ2) is 12.9. The van der Waals surface area contributed by atoms with Crippen molar-refractivity contribution in [2.24, 2.45) is 4.99 Å². The van der Waals surface area contributed by atoms with Crippen LogP contribution < -0.4 is 19.6 Å². The molecule has 6 nitrogen and oxygen atoms in total. The predicted molar refractivity (Wildman–Crippen MR) is 174 cm³/mol. The second-order valence-electron chi connectivity index (χ2n) is 10.2. The highest BCUT2D eigenvalue weighted by Gasteiger charge is 2.33. The largest absolute Gasteiger partial charge is 0.487 e. The first-order valence-electron chi connectivity index (χ1n) is 13.6. The van der Waals surface area contributed by atoms with E-state index in [-0.39, 0.29) is 12.2 Å². The maximum Gasteiger partial charge on any atom is 0.338 e. The van der Waals surface area contributed by atoms with E-state index in [9.17, 15) is 9.59 Å². The molecular formula is C33H30Br2N2O4S. The summed E-state index contributed by atoms with van der Waals surface area (Å²) in [7, 11) is 0. The van der Waals surface area contributed by atoms with Crippen molar-refractivity contribution in [1.82, 2.24) is 4.57 Å². The second-order valence-corrected chi connectivity index (χ2v) is 12.9. The summed E-state index contributed by atoms with van der Waals surface area (Å²) in [6, 6.07) is 21.2. The molecule has 216 valence electrons. The molecule has 0 spiro atoms. The van der Waals surface area contributed by atoms with Crippen molar-refractivity contribution in [1.29, 1.82) is 0 Å². The number of rotatable bonds is 8. The van der Waals surface area contributed by atoms with Crippen LogP contribution in [0.25, 0.3) is 6.08 Å². The van der Waals surface area contributed by atoms with Gasteiger partial charge in [0.15, 0.2) is 4.80 Å². The lowest BCUT2D eigenvalue weighted by Gasteiger charge is -2.25. The summed E-state index contributed by atoms with van der Waals surface area (Å²) in [6.07, 6.45) is 1.84. The van der Waals surface area contributed by atoms with Crippen molar-refractivity contribution in [3.63, 3.8) is 0 Å². The summed E-state index contributed by atoms with van der Waals surface area (Å²) in [4.78, 5) is 32.3. The van der Waals surface area contributed by atoms with Crippen molar-refractivity contribution >= 4 is 55.2 Å². The highest BCUT2D eigenvalue weighted by atomic mass is 79.9. The third-order valence-corrected chi connectivity index (χ3v) is 9.14. The van der Waals surface area contributed by atoms with Gasteiger partial charge in [-0.25, -0.2) is 9.79 Å². The molecule has 4 aromatic rings. The van der Waals surface area contributed by atoms with Crippen LogP contribution in [0.1, 0.15) is 61.9 Å². The quantitative estimate of drug-likeness (QED) is 0.184. The Kier molecular flexibility index (Phi) is 9.30. The number of hydrogen-bond donors (Lipinski definition) is 0. The van der Waals surface area contributed by atoms with Gasteiger partial charge in [-0.3, -0.25) is 9.36 Å². The average Bonchev–Trinajstić information content (AvgIpc) is 3.26. The van der Waals surface area contributed by atoms with Crippen LogP contribution in [0.2, 0.25) is 0 Å². The van der Waals surface area contributed by atoms with Gasteiger partial charge in [-0.15, -0.1) is 0 Å². The van der Waals surface area contributed by atoms with Crippen molar-refractivity contribution in [2.45, 2.75) is 46.3 Å². The predicted octanol–water partition coefficient (Wildman–Crippen LogP) is 7.03. The van der Waals surface area contributed by atoms with Crippen LogP contribution in [-0.2, 0) is 16.1 Å². The lowest BCUT2D eigenvalue weighted by Crippen LogP contribution is -2.39. The van der Waals surface area contributed by atoms with E-state index < -0.39 is 12.0 Å². The smallest absolute Gasteiger partial charge is 0.338 e. The molecule has 1 aromatic heterocycles. The molecule has 5 rings (SSSR count).